The van der Waals surface area contributed by atoms with Gasteiger partial charge in [-0.3, -0.25) is 9.58 Å². The van der Waals surface area contributed by atoms with Crippen molar-refractivity contribution in [3.05, 3.63) is 52.7 Å². The van der Waals surface area contributed by atoms with E-state index in [0.717, 1.165) is 49.2 Å². The lowest BCUT2D eigenvalue weighted by Crippen LogP contribution is -2.31. The third kappa shape index (κ3) is 3.48. The van der Waals surface area contributed by atoms with Crippen LogP contribution in [0.2, 0.25) is 0 Å². The van der Waals surface area contributed by atoms with Crippen molar-refractivity contribution >= 4 is 16.5 Å². The van der Waals surface area contributed by atoms with Gasteiger partial charge in [0.05, 0.1) is 30.7 Å². The minimum atomic E-state index is 0.353. The normalized spacial score (nSPS) is 14.8. The average Bonchev–Trinajstić information content (AvgIpc) is 3.34. The predicted octanol–water partition coefficient (Wildman–Crippen LogP) is 3.68. The van der Waals surface area contributed by atoms with Crippen LogP contribution in [0.5, 0.6) is 0 Å². The van der Waals surface area contributed by atoms with E-state index >= 15 is 0 Å². The first-order chi connectivity index (χ1) is 12.2. The SMILES string of the molecule is CC(C)n1nc(CNc2nccs2)c2c1CN(Cc1ccco1)CC2. The van der Waals surface area contributed by atoms with Gasteiger partial charge in [-0.1, -0.05) is 0 Å². The number of hydrogen-bond acceptors (Lipinski definition) is 6. The van der Waals surface area contributed by atoms with Crippen molar-refractivity contribution < 1.29 is 4.42 Å². The highest BCUT2D eigenvalue weighted by atomic mass is 32.1. The van der Waals surface area contributed by atoms with Crippen LogP contribution in [0.1, 0.15) is 42.6 Å². The zero-order chi connectivity index (χ0) is 17.2. The summed E-state index contributed by atoms with van der Waals surface area (Å²) in [5.41, 5.74) is 3.88. The van der Waals surface area contributed by atoms with Gasteiger partial charge in [-0.2, -0.15) is 5.10 Å². The summed E-state index contributed by atoms with van der Waals surface area (Å²) in [6.45, 7) is 7.91. The summed E-state index contributed by atoms with van der Waals surface area (Å²) in [7, 11) is 0. The lowest BCUT2D eigenvalue weighted by molar-refractivity contribution is 0.216. The molecule has 3 aromatic heterocycles. The summed E-state index contributed by atoms with van der Waals surface area (Å²) in [6, 6.07) is 4.34. The molecule has 0 atom stereocenters. The molecule has 25 heavy (non-hydrogen) atoms. The van der Waals surface area contributed by atoms with Gasteiger partial charge in [0.2, 0.25) is 0 Å². The number of thiazole rings is 1. The molecule has 0 bridgehead atoms. The molecule has 0 aromatic carbocycles. The molecule has 0 fully saturated rings. The Bertz CT molecular complexity index is 807. The largest absolute Gasteiger partial charge is 0.468 e. The summed E-state index contributed by atoms with van der Waals surface area (Å²) in [4.78, 5) is 6.72. The minimum absolute atomic E-state index is 0.353. The Kier molecular flexibility index (Phi) is 4.59. The summed E-state index contributed by atoms with van der Waals surface area (Å²) in [5, 5.41) is 11.2. The minimum Gasteiger partial charge on any atom is -0.468 e. The first-order valence-electron chi connectivity index (χ1n) is 8.68. The second-order valence-corrected chi connectivity index (χ2v) is 7.54. The first-order valence-corrected chi connectivity index (χ1v) is 9.56. The summed E-state index contributed by atoms with van der Waals surface area (Å²) < 4.78 is 7.69. The Morgan fingerprint density at radius 3 is 3.04 bits per heavy atom. The monoisotopic (exact) mass is 357 g/mol. The number of hydrogen-bond donors (Lipinski definition) is 1. The van der Waals surface area contributed by atoms with Gasteiger partial charge in [-0.05, 0) is 32.4 Å². The third-order valence-corrected chi connectivity index (χ3v) is 5.27. The van der Waals surface area contributed by atoms with Gasteiger partial charge in [-0.15, -0.1) is 11.3 Å². The lowest BCUT2D eigenvalue weighted by Gasteiger charge is -2.27. The maximum atomic E-state index is 5.51. The molecule has 3 aromatic rings. The standard InChI is InChI=1S/C18H23N5OS/c1-13(2)23-17-12-22(11-14-4-3-8-24-14)7-5-15(17)16(21-23)10-20-18-19-6-9-25-18/h3-4,6,8-9,13H,5,7,10-12H2,1-2H3,(H,19,20). The van der Waals surface area contributed by atoms with Crippen LogP contribution >= 0.6 is 11.3 Å². The molecule has 132 valence electrons. The molecule has 4 heterocycles. The van der Waals surface area contributed by atoms with Crippen molar-refractivity contribution in [2.45, 2.75) is 45.9 Å². The number of nitrogens with zero attached hydrogens (tertiary/aromatic N) is 4. The molecule has 6 nitrogen and oxygen atoms in total. The number of anilines is 1. The van der Waals surface area contributed by atoms with Gasteiger partial charge >= 0.3 is 0 Å². The van der Waals surface area contributed by atoms with E-state index < -0.39 is 0 Å². The molecular formula is C18H23N5OS. The Balaban J connectivity index is 1.53. The number of rotatable bonds is 6. The van der Waals surface area contributed by atoms with Gasteiger partial charge < -0.3 is 9.73 Å². The maximum absolute atomic E-state index is 5.51. The van der Waals surface area contributed by atoms with Gasteiger partial charge in [0.1, 0.15) is 5.76 Å². The maximum Gasteiger partial charge on any atom is 0.182 e. The molecule has 0 radical (unpaired) electrons. The van der Waals surface area contributed by atoms with E-state index in [4.69, 9.17) is 9.52 Å². The highest BCUT2D eigenvalue weighted by Crippen LogP contribution is 2.27. The molecule has 7 heteroatoms. The second-order valence-electron chi connectivity index (χ2n) is 6.64. The van der Waals surface area contributed by atoms with Gasteiger partial charge in [0, 0.05) is 36.3 Å². The Labute approximate surface area is 151 Å². The van der Waals surface area contributed by atoms with E-state index in [1.807, 2.05) is 23.7 Å². The van der Waals surface area contributed by atoms with E-state index in [1.54, 1.807) is 17.6 Å². The first kappa shape index (κ1) is 16.4. The van der Waals surface area contributed by atoms with Crippen LogP contribution in [0.15, 0.2) is 34.4 Å². The highest BCUT2D eigenvalue weighted by Gasteiger charge is 2.26. The number of nitrogens with one attached hydrogen (secondary N) is 1. The molecule has 0 unspecified atom stereocenters. The van der Waals surface area contributed by atoms with Crippen molar-refractivity contribution in [2.24, 2.45) is 0 Å². The molecule has 1 N–H and O–H groups in total. The van der Waals surface area contributed by atoms with Gasteiger partial charge in [0.15, 0.2) is 5.13 Å². The molecule has 1 aliphatic heterocycles. The Hall–Kier alpha value is -2.12. The molecule has 0 spiro atoms. The zero-order valence-electron chi connectivity index (χ0n) is 14.6. The van der Waals surface area contributed by atoms with E-state index in [0.29, 0.717) is 6.04 Å². The van der Waals surface area contributed by atoms with Gasteiger partial charge in [-0.25, -0.2) is 4.98 Å². The molecular weight excluding hydrogens is 334 g/mol. The van der Waals surface area contributed by atoms with Gasteiger partial charge in [0.25, 0.3) is 0 Å². The second kappa shape index (κ2) is 7.01. The molecule has 4 rings (SSSR count). The molecule has 1 aliphatic rings. The Morgan fingerprint density at radius 1 is 1.40 bits per heavy atom. The molecule has 0 aliphatic carbocycles. The summed E-state index contributed by atoms with van der Waals surface area (Å²) in [5.74, 6) is 1.02. The van der Waals surface area contributed by atoms with Crippen LogP contribution in [0, 0.1) is 0 Å². The third-order valence-electron chi connectivity index (χ3n) is 4.54. The van der Waals surface area contributed by atoms with Crippen LogP contribution in [0.25, 0.3) is 0 Å². The zero-order valence-corrected chi connectivity index (χ0v) is 15.4. The summed E-state index contributed by atoms with van der Waals surface area (Å²) >= 11 is 1.62. The van der Waals surface area contributed by atoms with Crippen molar-refractivity contribution in [2.75, 3.05) is 11.9 Å². The van der Waals surface area contributed by atoms with E-state index in [1.165, 1.54) is 11.3 Å². The van der Waals surface area contributed by atoms with Crippen molar-refractivity contribution in [3.8, 4) is 0 Å². The van der Waals surface area contributed by atoms with E-state index in [2.05, 4.69) is 33.7 Å². The van der Waals surface area contributed by atoms with Crippen molar-refractivity contribution in [3.63, 3.8) is 0 Å². The van der Waals surface area contributed by atoms with E-state index in [9.17, 15) is 0 Å². The van der Waals surface area contributed by atoms with Crippen LogP contribution in [-0.2, 0) is 26.1 Å². The fraction of sp³-hybridized carbons (Fsp3) is 0.444. The average molecular weight is 357 g/mol. The topological polar surface area (TPSA) is 59.1 Å². The van der Waals surface area contributed by atoms with Crippen LogP contribution in [0.4, 0.5) is 5.13 Å². The molecule has 0 amide bonds. The van der Waals surface area contributed by atoms with Crippen LogP contribution < -0.4 is 5.32 Å². The Morgan fingerprint density at radius 2 is 2.32 bits per heavy atom. The quantitative estimate of drug-likeness (QED) is 0.729. The van der Waals surface area contributed by atoms with Crippen molar-refractivity contribution in [1.29, 1.82) is 0 Å². The molecule has 0 saturated heterocycles. The lowest BCUT2D eigenvalue weighted by atomic mass is 10.0. The van der Waals surface area contributed by atoms with E-state index in [-0.39, 0.29) is 0 Å². The summed E-state index contributed by atoms with van der Waals surface area (Å²) in [6.07, 6.45) is 4.59. The van der Waals surface area contributed by atoms with Crippen LogP contribution in [0.3, 0.4) is 0 Å². The molecule has 0 saturated carbocycles. The van der Waals surface area contributed by atoms with Crippen LogP contribution in [-0.4, -0.2) is 26.2 Å². The fourth-order valence-corrected chi connectivity index (χ4v) is 3.90. The fourth-order valence-electron chi connectivity index (χ4n) is 3.37. The number of fused-ring (bicyclic) bond motifs is 1. The smallest absolute Gasteiger partial charge is 0.182 e. The van der Waals surface area contributed by atoms with Crippen molar-refractivity contribution in [1.82, 2.24) is 19.7 Å². The number of furan rings is 1. The predicted molar refractivity (Wildman–Crippen MR) is 98.6 cm³/mol. The highest BCUT2D eigenvalue weighted by molar-refractivity contribution is 7.13. The number of aromatic nitrogens is 3.